The van der Waals surface area contributed by atoms with Crippen molar-refractivity contribution >= 4 is 34.4 Å². The van der Waals surface area contributed by atoms with Gasteiger partial charge < -0.3 is 25.4 Å². The lowest BCUT2D eigenvalue weighted by Crippen LogP contribution is -2.22. The molecule has 172 valence electrons. The third-order valence-electron chi connectivity index (χ3n) is 4.87. The van der Waals surface area contributed by atoms with Crippen LogP contribution in [-0.4, -0.2) is 25.8 Å². The number of nitrogen functional groups attached to an aromatic ring is 1. The lowest BCUT2D eigenvalue weighted by Gasteiger charge is -2.22. The minimum absolute atomic E-state index is 0.111. The zero-order chi connectivity index (χ0) is 23.6. The van der Waals surface area contributed by atoms with Crippen LogP contribution in [-0.2, 0) is 4.79 Å². The zero-order valence-electron chi connectivity index (χ0n) is 19.1. The first-order valence-electron chi connectivity index (χ1n) is 10.8. The van der Waals surface area contributed by atoms with E-state index in [1.54, 1.807) is 18.2 Å². The monoisotopic (exact) mass is 447 g/mol. The number of ether oxygens (including phenoxy) is 2. The van der Waals surface area contributed by atoms with Crippen LogP contribution in [0.1, 0.15) is 20.8 Å². The van der Waals surface area contributed by atoms with Gasteiger partial charge in [0, 0.05) is 31.8 Å². The van der Waals surface area contributed by atoms with Gasteiger partial charge in [0.2, 0.25) is 0 Å². The SMILES string of the molecule is CCN(CC)c1ccc(N)c(OCNc2cc(N=Nc3ccccc3)ccc2OC(C)=O)c1. The number of benzene rings is 3. The van der Waals surface area contributed by atoms with Crippen molar-refractivity contribution in [3.63, 3.8) is 0 Å². The van der Waals surface area contributed by atoms with E-state index in [4.69, 9.17) is 15.2 Å². The molecule has 3 N–H and O–H groups in total. The molecule has 0 fully saturated rings. The van der Waals surface area contributed by atoms with E-state index in [0.29, 0.717) is 28.6 Å². The van der Waals surface area contributed by atoms with Gasteiger partial charge in [0.25, 0.3) is 0 Å². The number of carbonyl (C=O) groups is 1. The van der Waals surface area contributed by atoms with E-state index in [1.165, 1.54) is 6.92 Å². The molecule has 0 amide bonds. The fourth-order valence-corrected chi connectivity index (χ4v) is 3.20. The second kappa shape index (κ2) is 11.5. The Bertz CT molecular complexity index is 1100. The van der Waals surface area contributed by atoms with Gasteiger partial charge in [-0.2, -0.15) is 10.2 Å². The number of rotatable bonds is 10. The Morgan fingerprint density at radius 2 is 1.67 bits per heavy atom. The summed E-state index contributed by atoms with van der Waals surface area (Å²) >= 11 is 0. The van der Waals surface area contributed by atoms with E-state index < -0.39 is 5.97 Å². The summed E-state index contributed by atoms with van der Waals surface area (Å²) in [7, 11) is 0. The Balaban J connectivity index is 1.75. The summed E-state index contributed by atoms with van der Waals surface area (Å²) in [5.41, 5.74) is 9.56. The molecular formula is C25H29N5O3. The molecule has 0 aliphatic heterocycles. The molecule has 3 aromatic rings. The molecule has 8 heteroatoms. The average molecular weight is 448 g/mol. The van der Waals surface area contributed by atoms with E-state index in [0.717, 1.165) is 24.5 Å². The van der Waals surface area contributed by atoms with Crippen molar-refractivity contribution in [1.29, 1.82) is 0 Å². The fourth-order valence-electron chi connectivity index (χ4n) is 3.20. The summed E-state index contributed by atoms with van der Waals surface area (Å²) in [6, 6.07) is 20.3. The number of hydrogen-bond acceptors (Lipinski definition) is 8. The van der Waals surface area contributed by atoms with Gasteiger partial charge in [0.1, 0.15) is 5.75 Å². The van der Waals surface area contributed by atoms with Gasteiger partial charge in [-0.15, -0.1) is 0 Å². The van der Waals surface area contributed by atoms with Crippen LogP contribution in [0.5, 0.6) is 11.5 Å². The number of nitrogens with one attached hydrogen (secondary N) is 1. The number of azo groups is 1. The first-order valence-corrected chi connectivity index (χ1v) is 10.8. The highest BCUT2D eigenvalue weighted by Crippen LogP contribution is 2.32. The lowest BCUT2D eigenvalue weighted by atomic mass is 10.2. The van der Waals surface area contributed by atoms with Gasteiger partial charge in [-0.1, -0.05) is 18.2 Å². The van der Waals surface area contributed by atoms with E-state index >= 15 is 0 Å². The maximum atomic E-state index is 11.5. The smallest absolute Gasteiger partial charge is 0.308 e. The Morgan fingerprint density at radius 1 is 0.939 bits per heavy atom. The van der Waals surface area contributed by atoms with Crippen LogP contribution >= 0.6 is 0 Å². The van der Waals surface area contributed by atoms with Gasteiger partial charge in [0.05, 0.1) is 22.7 Å². The second-order valence-corrected chi connectivity index (χ2v) is 7.17. The maximum absolute atomic E-state index is 11.5. The average Bonchev–Trinajstić information content (AvgIpc) is 2.82. The Kier molecular flexibility index (Phi) is 8.24. The molecule has 3 aromatic carbocycles. The first-order chi connectivity index (χ1) is 16.0. The van der Waals surface area contributed by atoms with E-state index in [9.17, 15) is 4.79 Å². The van der Waals surface area contributed by atoms with E-state index in [2.05, 4.69) is 34.3 Å². The molecule has 0 saturated carbocycles. The highest BCUT2D eigenvalue weighted by molar-refractivity contribution is 5.74. The van der Waals surface area contributed by atoms with Crippen LogP contribution in [0, 0.1) is 0 Å². The van der Waals surface area contributed by atoms with Gasteiger partial charge >= 0.3 is 5.97 Å². The molecule has 3 rings (SSSR count). The highest BCUT2D eigenvalue weighted by Gasteiger charge is 2.10. The third-order valence-corrected chi connectivity index (χ3v) is 4.87. The van der Waals surface area contributed by atoms with Crippen LogP contribution < -0.4 is 25.4 Å². The molecule has 0 spiro atoms. The summed E-state index contributed by atoms with van der Waals surface area (Å²) in [6.45, 7) is 7.42. The molecule has 8 nitrogen and oxygen atoms in total. The molecule has 0 radical (unpaired) electrons. The molecule has 0 aromatic heterocycles. The highest BCUT2D eigenvalue weighted by atomic mass is 16.5. The molecule has 0 unspecified atom stereocenters. The number of nitrogens with zero attached hydrogens (tertiary/aromatic N) is 3. The minimum Gasteiger partial charge on any atom is -0.471 e. The standard InChI is InChI=1S/C25H29N5O3/c1-4-30(5-2)21-12-13-22(26)25(16-21)32-17-27-23-15-20(11-14-24(23)33-18(3)31)29-28-19-9-7-6-8-10-19/h6-16,27H,4-5,17,26H2,1-3H3. The molecular weight excluding hydrogens is 418 g/mol. The summed E-state index contributed by atoms with van der Waals surface area (Å²) in [6.07, 6.45) is 0. The molecule has 0 atom stereocenters. The Morgan fingerprint density at radius 3 is 2.36 bits per heavy atom. The van der Waals surface area contributed by atoms with Crippen molar-refractivity contribution < 1.29 is 14.3 Å². The van der Waals surface area contributed by atoms with Crippen molar-refractivity contribution in [2.24, 2.45) is 10.2 Å². The van der Waals surface area contributed by atoms with Crippen LogP contribution in [0.3, 0.4) is 0 Å². The minimum atomic E-state index is -0.422. The Hall–Kier alpha value is -4.07. The molecule has 0 saturated heterocycles. The predicted molar refractivity (Wildman–Crippen MR) is 132 cm³/mol. The quantitative estimate of drug-likeness (QED) is 0.132. The predicted octanol–water partition coefficient (Wildman–Crippen LogP) is 5.90. The summed E-state index contributed by atoms with van der Waals surface area (Å²) in [5.74, 6) is 0.518. The number of anilines is 3. The van der Waals surface area contributed by atoms with Crippen molar-refractivity contribution in [3.05, 3.63) is 66.7 Å². The van der Waals surface area contributed by atoms with Crippen molar-refractivity contribution in [2.75, 3.05) is 35.8 Å². The van der Waals surface area contributed by atoms with Gasteiger partial charge in [0.15, 0.2) is 12.5 Å². The van der Waals surface area contributed by atoms with Crippen LogP contribution in [0.2, 0.25) is 0 Å². The molecule has 0 heterocycles. The van der Waals surface area contributed by atoms with Crippen LogP contribution in [0.4, 0.5) is 28.4 Å². The Labute approximate surface area is 194 Å². The van der Waals surface area contributed by atoms with Gasteiger partial charge in [-0.3, -0.25) is 4.79 Å². The summed E-state index contributed by atoms with van der Waals surface area (Å²) in [4.78, 5) is 13.7. The largest absolute Gasteiger partial charge is 0.471 e. The van der Waals surface area contributed by atoms with Crippen molar-refractivity contribution in [1.82, 2.24) is 0 Å². The lowest BCUT2D eigenvalue weighted by molar-refractivity contribution is -0.131. The van der Waals surface area contributed by atoms with Crippen molar-refractivity contribution in [2.45, 2.75) is 20.8 Å². The molecule has 0 aliphatic rings. The molecule has 33 heavy (non-hydrogen) atoms. The van der Waals surface area contributed by atoms with Crippen LogP contribution in [0.25, 0.3) is 0 Å². The summed E-state index contributed by atoms with van der Waals surface area (Å²) < 4.78 is 11.2. The summed E-state index contributed by atoms with van der Waals surface area (Å²) in [5, 5.41) is 11.6. The van der Waals surface area contributed by atoms with E-state index in [1.807, 2.05) is 48.5 Å². The third kappa shape index (κ3) is 6.70. The van der Waals surface area contributed by atoms with Gasteiger partial charge in [-0.25, -0.2) is 0 Å². The number of nitrogens with two attached hydrogens (primary N) is 1. The topological polar surface area (TPSA) is 102 Å². The fraction of sp³-hybridized carbons (Fsp3) is 0.240. The second-order valence-electron chi connectivity index (χ2n) is 7.17. The van der Waals surface area contributed by atoms with Crippen molar-refractivity contribution in [3.8, 4) is 11.5 Å². The first kappa shape index (κ1) is 23.6. The molecule has 0 aliphatic carbocycles. The number of esters is 1. The van der Waals surface area contributed by atoms with E-state index in [-0.39, 0.29) is 6.73 Å². The molecule has 0 bridgehead atoms. The zero-order valence-corrected chi connectivity index (χ0v) is 19.1. The number of hydrogen-bond donors (Lipinski definition) is 2. The van der Waals surface area contributed by atoms with Gasteiger partial charge in [-0.05, 0) is 56.3 Å². The van der Waals surface area contributed by atoms with Crippen LogP contribution in [0.15, 0.2) is 77.0 Å². The maximum Gasteiger partial charge on any atom is 0.308 e. The number of carbonyl (C=O) groups excluding carboxylic acids is 1. The normalized spacial score (nSPS) is 10.8.